The fourth-order valence-corrected chi connectivity index (χ4v) is 1.59. The van der Waals surface area contributed by atoms with Crippen molar-refractivity contribution in [2.45, 2.75) is 0 Å². The number of para-hydroxylation sites is 1. The maximum absolute atomic E-state index is 8.98. The van der Waals surface area contributed by atoms with Crippen LogP contribution in [0.2, 0.25) is 0 Å². The first-order valence-electron chi connectivity index (χ1n) is 4.84. The van der Waals surface area contributed by atoms with Crippen LogP contribution in [0.4, 0.5) is 0 Å². The van der Waals surface area contributed by atoms with Gasteiger partial charge in [-0.05, 0) is 12.1 Å². The Balaban J connectivity index is 2.62. The lowest BCUT2D eigenvalue weighted by Gasteiger charge is -2.09. The third-order valence-electron chi connectivity index (χ3n) is 2.31. The molecule has 3 nitrogen and oxygen atoms in total. The van der Waals surface area contributed by atoms with Crippen LogP contribution in [-0.2, 0) is 0 Å². The number of rotatable bonds is 2. The summed E-state index contributed by atoms with van der Waals surface area (Å²) in [7, 11) is 1.57. The third-order valence-corrected chi connectivity index (χ3v) is 2.31. The summed E-state index contributed by atoms with van der Waals surface area (Å²) >= 11 is 0. The molecule has 0 amide bonds. The maximum Gasteiger partial charge on any atom is 0.144 e. The smallest absolute Gasteiger partial charge is 0.144 e. The van der Waals surface area contributed by atoms with E-state index in [2.05, 4.69) is 11.1 Å². The van der Waals surface area contributed by atoms with E-state index in [-0.39, 0.29) is 0 Å². The minimum atomic E-state index is 0.531. The number of nitriles is 1. The molecule has 0 saturated heterocycles. The Morgan fingerprint density at radius 2 is 2.12 bits per heavy atom. The van der Waals surface area contributed by atoms with Crippen molar-refractivity contribution in [3.05, 3.63) is 48.3 Å². The quantitative estimate of drug-likeness (QED) is 0.765. The standard InChI is InChI=1S/C13H10N2O/c1-16-13-10(8-14)4-2-6-12(13)11-5-3-7-15-9-11/h2-7,9H,1H3. The predicted molar refractivity (Wildman–Crippen MR) is 60.9 cm³/mol. The molecule has 0 radical (unpaired) electrons. The van der Waals surface area contributed by atoms with Gasteiger partial charge in [0.05, 0.1) is 12.7 Å². The SMILES string of the molecule is COc1c(C#N)cccc1-c1cccnc1. The van der Waals surface area contributed by atoms with Gasteiger partial charge in [0.1, 0.15) is 11.8 Å². The average Bonchev–Trinajstić information content (AvgIpc) is 2.38. The van der Waals surface area contributed by atoms with Crippen molar-refractivity contribution < 1.29 is 4.74 Å². The molecule has 16 heavy (non-hydrogen) atoms. The lowest BCUT2D eigenvalue weighted by atomic mass is 10.0. The van der Waals surface area contributed by atoms with Crippen molar-refractivity contribution in [2.24, 2.45) is 0 Å². The van der Waals surface area contributed by atoms with Crippen LogP contribution in [-0.4, -0.2) is 12.1 Å². The number of hydrogen-bond acceptors (Lipinski definition) is 3. The van der Waals surface area contributed by atoms with Gasteiger partial charge in [0.15, 0.2) is 0 Å². The van der Waals surface area contributed by atoms with E-state index in [9.17, 15) is 0 Å². The molecular formula is C13H10N2O. The fraction of sp³-hybridized carbons (Fsp3) is 0.0769. The largest absolute Gasteiger partial charge is 0.495 e. The van der Waals surface area contributed by atoms with Gasteiger partial charge in [-0.2, -0.15) is 5.26 Å². The molecule has 0 aliphatic rings. The Kier molecular flexibility index (Phi) is 2.84. The zero-order chi connectivity index (χ0) is 11.4. The van der Waals surface area contributed by atoms with E-state index in [1.54, 1.807) is 25.6 Å². The summed E-state index contributed by atoms with van der Waals surface area (Å²) in [5.74, 6) is 0.595. The highest BCUT2D eigenvalue weighted by Gasteiger charge is 2.09. The van der Waals surface area contributed by atoms with Gasteiger partial charge in [0.2, 0.25) is 0 Å². The normalized spacial score (nSPS) is 9.50. The van der Waals surface area contributed by atoms with Crippen molar-refractivity contribution in [1.82, 2.24) is 4.98 Å². The van der Waals surface area contributed by atoms with E-state index < -0.39 is 0 Å². The highest BCUT2D eigenvalue weighted by atomic mass is 16.5. The minimum absolute atomic E-state index is 0.531. The highest BCUT2D eigenvalue weighted by Crippen LogP contribution is 2.31. The first-order chi connectivity index (χ1) is 7.86. The Morgan fingerprint density at radius 3 is 2.75 bits per heavy atom. The Morgan fingerprint density at radius 1 is 1.25 bits per heavy atom. The summed E-state index contributed by atoms with van der Waals surface area (Å²) in [4.78, 5) is 4.05. The maximum atomic E-state index is 8.98. The van der Waals surface area contributed by atoms with Gasteiger partial charge in [-0.1, -0.05) is 18.2 Å². The molecule has 78 valence electrons. The molecule has 1 heterocycles. The predicted octanol–water partition coefficient (Wildman–Crippen LogP) is 2.63. The van der Waals surface area contributed by atoms with Crippen LogP contribution in [0.15, 0.2) is 42.7 Å². The monoisotopic (exact) mass is 210 g/mol. The summed E-state index contributed by atoms with van der Waals surface area (Å²) in [6.45, 7) is 0. The number of benzene rings is 1. The minimum Gasteiger partial charge on any atom is -0.495 e. The summed E-state index contributed by atoms with van der Waals surface area (Å²) in [6, 6.07) is 11.4. The molecule has 0 N–H and O–H groups in total. The van der Waals surface area contributed by atoms with E-state index in [0.717, 1.165) is 11.1 Å². The number of aromatic nitrogens is 1. The zero-order valence-electron chi connectivity index (χ0n) is 8.84. The molecule has 0 spiro atoms. The molecule has 1 aromatic heterocycles. The first-order valence-corrected chi connectivity index (χ1v) is 4.84. The lowest BCUT2D eigenvalue weighted by Crippen LogP contribution is -1.91. The molecule has 0 bridgehead atoms. The number of methoxy groups -OCH3 is 1. The van der Waals surface area contributed by atoms with Crippen LogP contribution in [0.5, 0.6) is 5.75 Å². The van der Waals surface area contributed by atoms with Gasteiger partial charge >= 0.3 is 0 Å². The van der Waals surface area contributed by atoms with Crippen LogP contribution in [0.1, 0.15) is 5.56 Å². The summed E-state index contributed by atoms with van der Waals surface area (Å²) in [6.07, 6.45) is 3.46. The average molecular weight is 210 g/mol. The zero-order valence-corrected chi connectivity index (χ0v) is 8.84. The van der Waals surface area contributed by atoms with Crippen molar-refractivity contribution in [1.29, 1.82) is 5.26 Å². The van der Waals surface area contributed by atoms with Gasteiger partial charge in [-0.25, -0.2) is 0 Å². The Bertz CT molecular complexity index is 529. The van der Waals surface area contributed by atoms with Crippen LogP contribution in [0.25, 0.3) is 11.1 Å². The number of ether oxygens (including phenoxy) is 1. The second-order valence-corrected chi connectivity index (χ2v) is 3.24. The molecule has 2 aromatic rings. The number of pyridine rings is 1. The topological polar surface area (TPSA) is 45.9 Å². The molecule has 0 aliphatic heterocycles. The van der Waals surface area contributed by atoms with E-state index in [0.29, 0.717) is 11.3 Å². The Hall–Kier alpha value is -2.34. The van der Waals surface area contributed by atoms with E-state index in [4.69, 9.17) is 10.00 Å². The van der Waals surface area contributed by atoms with Crippen molar-refractivity contribution >= 4 is 0 Å². The van der Waals surface area contributed by atoms with Gasteiger partial charge in [-0.3, -0.25) is 4.98 Å². The van der Waals surface area contributed by atoms with Crippen LogP contribution in [0, 0.1) is 11.3 Å². The van der Waals surface area contributed by atoms with E-state index >= 15 is 0 Å². The van der Waals surface area contributed by atoms with Crippen molar-refractivity contribution in [3.8, 4) is 22.9 Å². The Labute approximate surface area is 93.9 Å². The third kappa shape index (κ3) is 1.73. The van der Waals surface area contributed by atoms with Crippen molar-refractivity contribution in [2.75, 3.05) is 7.11 Å². The number of hydrogen-bond donors (Lipinski definition) is 0. The van der Waals surface area contributed by atoms with Crippen LogP contribution >= 0.6 is 0 Å². The van der Waals surface area contributed by atoms with Gasteiger partial charge in [0.25, 0.3) is 0 Å². The van der Waals surface area contributed by atoms with Crippen LogP contribution < -0.4 is 4.74 Å². The van der Waals surface area contributed by atoms with Crippen molar-refractivity contribution in [3.63, 3.8) is 0 Å². The molecule has 2 rings (SSSR count). The van der Waals surface area contributed by atoms with Gasteiger partial charge in [0, 0.05) is 23.5 Å². The first kappa shape index (κ1) is 10.2. The van der Waals surface area contributed by atoms with Gasteiger partial charge in [-0.15, -0.1) is 0 Å². The fourth-order valence-electron chi connectivity index (χ4n) is 1.59. The summed E-state index contributed by atoms with van der Waals surface area (Å²) < 4.78 is 5.27. The molecule has 0 aliphatic carbocycles. The van der Waals surface area contributed by atoms with E-state index in [1.165, 1.54) is 0 Å². The molecule has 0 fully saturated rings. The molecule has 0 unspecified atom stereocenters. The lowest BCUT2D eigenvalue weighted by molar-refractivity contribution is 0.415. The second kappa shape index (κ2) is 4.45. The van der Waals surface area contributed by atoms with Crippen LogP contribution in [0.3, 0.4) is 0 Å². The molecule has 3 heteroatoms. The summed E-state index contributed by atoms with van der Waals surface area (Å²) in [5, 5.41) is 8.98. The second-order valence-electron chi connectivity index (χ2n) is 3.24. The molecule has 1 aromatic carbocycles. The highest BCUT2D eigenvalue weighted by molar-refractivity contribution is 5.73. The summed E-state index contributed by atoms with van der Waals surface area (Å²) in [5.41, 5.74) is 2.36. The van der Waals surface area contributed by atoms with E-state index in [1.807, 2.05) is 24.3 Å². The molecule has 0 atom stereocenters. The number of nitrogens with zero attached hydrogens (tertiary/aromatic N) is 2. The van der Waals surface area contributed by atoms with Gasteiger partial charge < -0.3 is 4.74 Å². The molecular weight excluding hydrogens is 200 g/mol. The molecule has 0 saturated carbocycles.